The normalized spacial score (nSPS) is 13.7. The Bertz CT molecular complexity index is 1940. The molecule has 0 aliphatic rings. The van der Waals surface area contributed by atoms with Crippen LogP contribution in [0.4, 0.5) is 0 Å². The van der Waals surface area contributed by atoms with Crippen molar-refractivity contribution < 1.29 is 34.2 Å². The zero-order valence-electron chi connectivity index (χ0n) is 25.8. The van der Waals surface area contributed by atoms with Gasteiger partial charge in [-0.1, -0.05) is 66.7 Å². The van der Waals surface area contributed by atoms with Crippen LogP contribution in [0.15, 0.2) is 91.3 Å². The van der Waals surface area contributed by atoms with Crippen LogP contribution < -0.4 is 21.7 Å². The Morgan fingerprint density at radius 1 is 0.604 bits per heavy atom. The lowest BCUT2D eigenvalue weighted by Gasteiger charge is -2.25. The van der Waals surface area contributed by atoms with Gasteiger partial charge in [0.15, 0.2) is 0 Å². The topological polar surface area (TPSA) is 219 Å². The van der Waals surface area contributed by atoms with Gasteiger partial charge in [-0.15, -0.1) is 0 Å². The van der Waals surface area contributed by atoms with Gasteiger partial charge in [0.2, 0.25) is 17.7 Å². The third kappa shape index (κ3) is 8.25. The van der Waals surface area contributed by atoms with Gasteiger partial charge in [-0.3, -0.25) is 19.2 Å². The van der Waals surface area contributed by atoms with Crippen LogP contribution in [0, 0.1) is 0 Å². The second-order valence-corrected chi connectivity index (χ2v) is 11.5. The highest BCUT2D eigenvalue weighted by Gasteiger charge is 2.32. The summed E-state index contributed by atoms with van der Waals surface area (Å²) in [6.07, 6.45) is 2.73. The number of fused-ring (bicyclic) bond motifs is 2. The zero-order chi connectivity index (χ0) is 34.2. The predicted molar refractivity (Wildman–Crippen MR) is 178 cm³/mol. The average molecular weight is 653 g/mol. The maximum absolute atomic E-state index is 13.9. The lowest BCUT2D eigenvalue weighted by molar-refractivity contribution is -0.142. The van der Waals surface area contributed by atoms with Gasteiger partial charge in [0.1, 0.15) is 18.1 Å². The summed E-state index contributed by atoms with van der Waals surface area (Å²) in [6.45, 7) is 0. The van der Waals surface area contributed by atoms with Crippen LogP contribution in [-0.4, -0.2) is 74.0 Å². The fourth-order valence-electron chi connectivity index (χ4n) is 5.61. The monoisotopic (exact) mass is 652 g/mol. The molecule has 5 aromatic rings. The largest absolute Gasteiger partial charge is 0.481 e. The SMILES string of the molecule is NC(CC(=O)O)C(=O)NC(Cc1c[nH]c2ccccc12)C(=O)NC(Cc1ccccc1)C(=O)NC(Cc1c[nH]c2ccccc12)C(=O)O. The molecular weight excluding hydrogens is 616 g/mol. The lowest BCUT2D eigenvalue weighted by atomic mass is 10.0. The van der Waals surface area contributed by atoms with Crippen molar-refractivity contribution in [3.8, 4) is 0 Å². The molecule has 0 aliphatic carbocycles. The molecule has 2 aromatic heterocycles. The van der Waals surface area contributed by atoms with Gasteiger partial charge in [0.25, 0.3) is 0 Å². The van der Waals surface area contributed by atoms with Crippen LogP contribution in [0.3, 0.4) is 0 Å². The average Bonchev–Trinajstić information content (AvgIpc) is 3.67. The summed E-state index contributed by atoms with van der Waals surface area (Å²) in [6, 6.07) is 18.4. The first-order valence-corrected chi connectivity index (χ1v) is 15.3. The third-order valence-corrected chi connectivity index (χ3v) is 8.09. The summed E-state index contributed by atoms with van der Waals surface area (Å²) >= 11 is 0. The fourth-order valence-corrected chi connectivity index (χ4v) is 5.61. The molecule has 0 saturated carbocycles. The summed E-state index contributed by atoms with van der Waals surface area (Å²) < 4.78 is 0. The number of aliphatic carboxylic acids is 2. The molecule has 13 heteroatoms. The highest BCUT2D eigenvalue weighted by atomic mass is 16.4. The number of nitrogens with one attached hydrogen (secondary N) is 5. The van der Waals surface area contributed by atoms with Crippen LogP contribution in [0.2, 0.25) is 0 Å². The van der Waals surface area contributed by atoms with E-state index in [0.717, 1.165) is 21.8 Å². The van der Waals surface area contributed by atoms with Crippen molar-refractivity contribution >= 4 is 51.5 Å². The number of aromatic nitrogens is 2. The van der Waals surface area contributed by atoms with Crippen molar-refractivity contribution in [3.05, 3.63) is 108 Å². The van der Waals surface area contributed by atoms with Gasteiger partial charge in [-0.2, -0.15) is 0 Å². The van der Waals surface area contributed by atoms with Crippen molar-refractivity contribution in [2.24, 2.45) is 5.73 Å². The zero-order valence-corrected chi connectivity index (χ0v) is 25.8. The summed E-state index contributed by atoms with van der Waals surface area (Å²) in [4.78, 5) is 70.4. The molecule has 9 N–H and O–H groups in total. The lowest BCUT2D eigenvalue weighted by Crippen LogP contribution is -2.58. The Morgan fingerprint density at radius 3 is 1.60 bits per heavy atom. The van der Waals surface area contributed by atoms with Crippen LogP contribution in [0.25, 0.3) is 21.8 Å². The molecule has 0 radical (unpaired) electrons. The number of aromatic amines is 2. The fraction of sp³-hybridized carbons (Fsp3) is 0.229. The Labute approximate surface area is 274 Å². The van der Waals surface area contributed by atoms with E-state index < -0.39 is 60.2 Å². The maximum atomic E-state index is 13.9. The quantitative estimate of drug-likeness (QED) is 0.0834. The first kappa shape index (κ1) is 33.4. The highest BCUT2D eigenvalue weighted by Crippen LogP contribution is 2.21. The number of carbonyl (C=O) groups excluding carboxylic acids is 3. The molecule has 4 atom stereocenters. The molecule has 0 saturated heterocycles. The number of benzene rings is 3. The molecule has 0 bridgehead atoms. The smallest absolute Gasteiger partial charge is 0.326 e. The highest BCUT2D eigenvalue weighted by molar-refractivity contribution is 5.96. The molecule has 0 fully saturated rings. The molecule has 248 valence electrons. The summed E-state index contributed by atoms with van der Waals surface area (Å²) in [7, 11) is 0. The number of hydrogen-bond acceptors (Lipinski definition) is 6. The molecule has 5 rings (SSSR count). The van der Waals surface area contributed by atoms with E-state index in [9.17, 15) is 29.1 Å². The Kier molecular flexibility index (Phi) is 10.5. The number of nitrogens with two attached hydrogens (primary N) is 1. The van der Waals surface area contributed by atoms with Gasteiger partial charge in [0.05, 0.1) is 12.5 Å². The second-order valence-electron chi connectivity index (χ2n) is 11.5. The van der Waals surface area contributed by atoms with E-state index in [-0.39, 0.29) is 19.3 Å². The van der Waals surface area contributed by atoms with E-state index in [1.165, 1.54) is 0 Å². The van der Waals surface area contributed by atoms with Gasteiger partial charge < -0.3 is 41.9 Å². The number of rotatable bonds is 15. The summed E-state index contributed by atoms with van der Waals surface area (Å²) in [5, 5.41) is 28.7. The first-order chi connectivity index (χ1) is 23.1. The molecular formula is C35H36N6O7. The first-order valence-electron chi connectivity index (χ1n) is 15.3. The van der Waals surface area contributed by atoms with E-state index in [1.807, 2.05) is 48.5 Å². The molecule has 13 nitrogen and oxygen atoms in total. The molecule has 3 amide bonds. The van der Waals surface area contributed by atoms with Crippen molar-refractivity contribution in [1.82, 2.24) is 25.9 Å². The van der Waals surface area contributed by atoms with E-state index in [4.69, 9.17) is 10.8 Å². The van der Waals surface area contributed by atoms with Crippen molar-refractivity contribution in [2.75, 3.05) is 0 Å². The number of carboxylic acids is 2. The Morgan fingerprint density at radius 2 is 1.06 bits per heavy atom. The molecule has 0 aliphatic heterocycles. The molecule has 0 spiro atoms. The predicted octanol–water partition coefficient (Wildman–Crippen LogP) is 2.02. The van der Waals surface area contributed by atoms with Crippen molar-refractivity contribution in [1.29, 1.82) is 0 Å². The number of carbonyl (C=O) groups is 5. The summed E-state index contributed by atoms with van der Waals surface area (Å²) in [5.74, 6) is -4.87. The van der Waals surface area contributed by atoms with Gasteiger partial charge >= 0.3 is 11.9 Å². The van der Waals surface area contributed by atoms with Crippen LogP contribution in [0.5, 0.6) is 0 Å². The third-order valence-electron chi connectivity index (χ3n) is 8.09. The number of amides is 3. The minimum Gasteiger partial charge on any atom is -0.481 e. The Balaban J connectivity index is 1.40. The number of para-hydroxylation sites is 2. The van der Waals surface area contributed by atoms with Crippen molar-refractivity contribution in [3.63, 3.8) is 0 Å². The molecule has 4 unspecified atom stereocenters. The van der Waals surface area contributed by atoms with E-state index in [0.29, 0.717) is 16.7 Å². The molecule has 3 aromatic carbocycles. The molecule has 2 heterocycles. The van der Waals surface area contributed by atoms with Crippen LogP contribution >= 0.6 is 0 Å². The van der Waals surface area contributed by atoms with E-state index in [2.05, 4.69) is 25.9 Å². The number of hydrogen-bond donors (Lipinski definition) is 8. The van der Waals surface area contributed by atoms with Gasteiger partial charge in [-0.25, -0.2) is 4.79 Å². The minimum absolute atomic E-state index is 0.0145. The van der Waals surface area contributed by atoms with E-state index >= 15 is 0 Å². The van der Waals surface area contributed by atoms with E-state index in [1.54, 1.807) is 42.7 Å². The number of H-pyrrole nitrogens is 2. The van der Waals surface area contributed by atoms with Crippen LogP contribution in [-0.2, 0) is 43.2 Å². The number of carboxylic acid groups (broad SMARTS) is 2. The van der Waals surface area contributed by atoms with Crippen LogP contribution in [0.1, 0.15) is 23.1 Å². The van der Waals surface area contributed by atoms with Gasteiger partial charge in [-0.05, 0) is 28.8 Å². The second kappa shape index (κ2) is 15.1. The molecule has 48 heavy (non-hydrogen) atoms. The van der Waals surface area contributed by atoms with Gasteiger partial charge in [0, 0.05) is 53.5 Å². The summed E-state index contributed by atoms with van der Waals surface area (Å²) in [5.41, 5.74) is 9.51. The Hall–Kier alpha value is -5.95. The standard InChI is InChI=1S/C35H36N6O7/c36-25(17-31(42)43)32(44)39-29(15-21-18-37-26-12-6-4-10-23(21)26)34(46)40-28(14-20-8-2-1-3-9-20)33(45)41-30(35(47)48)16-22-19-38-27-13-7-5-11-24(22)27/h1-13,18-19,25,28-30,37-38H,14-17,36H2,(H,39,44)(H,40,46)(H,41,45)(H,42,43)(H,47,48). The maximum Gasteiger partial charge on any atom is 0.326 e. The van der Waals surface area contributed by atoms with Crippen molar-refractivity contribution in [2.45, 2.75) is 49.9 Å². The minimum atomic E-state index is -1.43.